The van der Waals surface area contributed by atoms with Gasteiger partial charge in [-0.25, -0.2) is 0 Å². The molecule has 0 saturated heterocycles. The molecule has 0 atom stereocenters. The van der Waals surface area contributed by atoms with Gasteiger partial charge in [0, 0.05) is 27.3 Å². The monoisotopic (exact) mass is 236 g/mol. The highest BCUT2D eigenvalue weighted by atomic mass is 16.5. The lowest BCUT2D eigenvalue weighted by Gasteiger charge is -2.23. The average Bonchev–Trinajstić information content (AvgIpc) is 2.39. The van der Waals surface area contributed by atoms with E-state index in [0.29, 0.717) is 37.7 Å². The molecule has 0 spiro atoms. The summed E-state index contributed by atoms with van der Waals surface area (Å²) in [6, 6.07) is 3.75. The number of hydrogen-bond acceptors (Lipinski definition) is 6. The Morgan fingerprint density at radius 2 is 1.94 bits per heavy atom. The topological polar surface area (TPSA) is 71.3 Å². The van der Waals surface area contributed by atoms with Crippen LogP contribution in [0, 0.1) is 11.3 Å². The van der Waals surface area contributed by atoms with Crippen molar-refractivity contribution in [3.63, 3.8) is 0 Å². The molecule has 1 rings (SSSR count). The van der Waals surface area contributed by atoms with Crippen LogP contribution in [-0.2, 0) is 9.47 Å². The van der Waals surface area contributed by atoms with E-state index in [1.807, 2.05) is 4.90 Å². The Kier molecular flexibility index (Phi) is 5.93. The highest BCUT2D eigenvalue weighted by Gasteiger charge is 2.12. The first-order chi connectivity index (χ1) is 8.33. The smallest absolute Gasteiger partial charge is 0.169 e. The van der Waals surface area contributed by atoms with E-state index in [1.54, 1.807) is 20.3 Å². The molecule has 17 heavy (non-hydrogen) atoms. The fourth-order valence-corrected chi connectivity index (χ4v) is 1.37. The van der Waals surface area contributed by atoms with Gasteiger partial charge in [-0.15, -0.1) is 5.10 Å². The molecule has 0 unspecified atom stereocenters. The molecule has 1 aromatic rings. The number of anilines is 1. The molecule has 0 aromatic carbocycles. The Labute approximate surface area is 101 Å². The zero-order valence-electron chi connectivity index (χ0n) is 10.1. The molecule has 0 bridgehead atoms. The van der Waals surface area contributed by atoms with Gasteiger partial charge in [-0.1, -0.05) is 0 Å². The Balaban J connectivity index is 2.83. The van der Waals surface area contributed by atoms with Gasteiger partial charge < -0.3 is 14.4 Å². The second kappa shape index (κ2) is 7.54. The fourth-order valence-electron chi connectivity index (χ4n) is 1.37. The first-order valence-electron chi connectivity index (χ1n) is 5.28. The molecule has 0 radical (unpaired) electrons. The van der Waals surface area contributed by atoms with Gasteiger partial charge in [-0.05, 0) is 6.07 Å². The molecule has 6 nitrogen and oxygen atoms in total. The third-order valence-corrected chi connectivity index (χ3v) is 2.25. The maximum Gasteiger partial charge on any atom is 0.169 e. The Morgan fingerprint density at radius 3 is 2.47 bits per heavy atom. The van der Waals surface area contributed by atoms with Gasteiger partial charge in [0.1, 0.15) is 6.07 Å². The molecule has 0 fully saturated rings. The number of methoxy groups -OCH3 is 2. The molecule has 0 aliphatic rings. The van der Waals surface area contributed by atoms with Crippen LogP contribution >= 0.6 is 0 Å². The van der Waals surface area contributed by atoms with E-state index >= 15 is 0 Å². The molecule has 0 aliphatic carbocycles. The van der Waals surface area contributed by atoms with Crippen LogP contribution in [0.2, 0.25) is 0 Å². The summed E-state index contributed by atoms with van der Waals surface area (Å²) < 4.78 is 10.1. The second-order valence-electron chi connectivity index (χ2n) is 3.35. The van der Waals surface area contributed by atoms with Crippen molar-refractivity contribution < 1.29 is 9.47 Å². The minimum atomic E-state index is 0.507. The summed E-state index contributed by atoms with van der Waals surface area (Å²) in [5, 5.41) is 16.8. The van der Waals surface area contributed by atoms with Crippen LogP contribution in [0.1, 0.15) is 5.56 Å². The second-order valence-corrected chi connectivity index (χ2v) is 3.35. The third kappa shape index (κ3) is 3.98. The van der Waals surface area contributed by atoms with Gasteiger partial charge >= 0.3 is 0 Å². The van der Waals surface area contributed by atoms with Crippen LogP contribution in [0.5, 0.6) is 0 Å². The van der Waals surface area contributed by atoms with E-state index in [2.05, 4.69) is 16.3 Å². The SMILES string of the molecule is COCCN(CCOC)c1nnccc1C#N. The van der Waals surface area contributed by atoms with Crippen molar-refractivity contribution >= 4 is 5.82 Å². The Hall–Kier alpha value is -1.71. The predicted octanol–water partition coefficient (Wildman–Crippen LogP) is 0.447. The number of ether oxygens (including phenoxy) is 2. The maximum atomic E-state index is 9.01. The molecule has 0 N–H and O–H groups in total. The van der Waals surface area contributed by atoms with E-state index in [1.165, 1.54) is 6.20 Å². The van der Waals surface area contributed by atoms with E-state index in [0.717, 1.165) is 0 Å². The summed E-state index contributed by atoms with van der Waals surface area (Å²) in [6.45, 7) is 2.41. The lowest BCUT2D eigenvalue weighted by molar-refractivity contribution is 0.190. The molecule has 92 valence electrons. The molecule has 6 heteroatoms. The normalized spacial score (nSPS) is 9.94. The van der Waals surface area contributed by atoms with Crippen molar-refractivity contribution in [1.82, 2.24) is 10.2 Å². The highest BCUT2D eigenvalue weighted by Crippen LogP contribution is 2.14. The van der Waals surface area contributed by atoms with Crippen LogP contribution < -0.4 is 4.90 Å². The lowest BCUT2D eigenvalue weighted by atomic mass is 10.3. The highest BCUT2D eigenvalue weighted by molar-refractivity contribution is 5.52. The number of hydrogen-bond donors (Lipinski definition) is 0. The van der Waals surface area contributed by atoms with Crippen molar-refractivity contribution in [3.8, 4) is 6.07 Å². The fraction of sp³-hybridized carbons (Fsp3) is 0.545. The Bertz CT molecular complexity index is 370. The Morgan fingerprint density at radius 1 is 1.29 bits per heavy atom. The minimum absolute atomic E-state index is 0.507. The summed E-state index contributed by atoms with van der Waals surface area (Å²) in [7, 11) is 3.27. The molecule has 1 heterocycles. The van der Waals surface area contributed by atoms with Gasteiger partial charge in [-0.2, -0.15) is 10.4 Å². The van der Waals surface area contributed by atoms with Gasteiger partial charge in [0.2, 0.25) is 0 Å². The standard InChI is InChI=1S/C11H16N4O2/c1-16-7-5-15(6-8-17-2)11-10(9-12)3-4-13-14-11/h3-4H,5-8H2,1-2H3. The van der Waals surface area contributed by atoms with E-state index in [4.69, 9.17) is 14.7 Å². The van der Waals surface area contributed by atoms with Crippen molar-refractivity contribution in [2.45, 2.75) is 0 Å². The lowest BCUT2D eigenvalue weighted by Crippen LogP contribution is -2.32. The molecule has 0 aliphatic heterocycles. The van der Waals surface area contributed by atoms with Crippen LogP contribution in [0.3, 0.4) is 0 Å². The van der Waals surface area contributed by atoms with Crippen LogP contribution in [0.15, 0.2) is 12.3 Å². The van der Waals surface area contributed by atoms with Crippen LogP contribution in [-0.4, -0.2) is 50.7 Å². The molecular weight excluding hydrogens is 220 g/mol. The zero-order chi connectivity index (χ0) is 12.5. The van der Waals surface area contributed by atoms with Gasteiger partial charge in [0.25, 0.3) is 0 Å². The molecule has 0 saturated carbocycles. The van der Waals surface area contributed by atoms with Crippen molar-refractivity contribution in [3.05, 3.63) is 17.8 Å². The van der Waals surface area contributed by atoms with E-state index in [9.17, 15) is 0 Å². The predicted molar refractivity (Wildman–Crippen MR) is 62.7 cm³/mol. The summed E-state index contributed by atoms with van der Waals surface area (Å²) in [5.74, 6) is 0.573. The molecule has 0 amide bonds. The number of rotatable bonds is 7. The van der Waals surface area contributed by atoms with Crippen molar-refractivity contribution in [2.75, 3.05) is 45.4 Å². The first kappa shape index (κ1) is 13.4. The third-order valence-electron chi connectivity index (χ3n) is 2.25. The number of nitrogens with zero attached hydrogens (tertiary/aromatic N) is 4. The van der Waals surface area contributed by atoms with Gasteiger partial charge in [-0.3, -0.25) is 0 Å². The minimum Gasteiger partial charge on any atom is -0.383 e. The molecule has 1 aromatic heterocycles. The largest absolute Gasteiger partial charge is 0.383 e. The first-order valence-corrected chi connectivity index (χ1v) is 5.28. The summed E-state index contributed by atoms with van der Waals surface area (Å²) in [5.41, 5.74) is 0.507. The van der Waals surface area contributed by atoms with Crippen molar-refractivity contribution in [2.24, 2.45) is 0 Å². The summed E-state index contributed by atoms with van der Waals surface area (Å²) >= 11 is 0. The van der Waals surface area contributed by atoms with E-state index in [-0.39, 0.29) is 0 Å². The quantitative estimate of drug-likeness (QED) is 0.684. The molecular formula is C11H16N4O2. The van der Waals surface area contributed by atoms with Crippen LogP contribution in [0.4, 0.5) is 5.82 Å². The van der Waals surface area contributed by atoms with Crippen LogP contribution in [0.25, 0.3) is 0 Å². The van der Waals surface area contributed by atoms with Gasteiger partial charge in [0.05, 0.1) is 25.0 Å². The van der Waals surface area contributed by atoms with Crippen molar-refractivity contribution in [1.29, 1.82) is 5.26 Å². The van der Waals surface area contributed by atoms with E-state index < -0.39 is 0 Å². The zero-order valence-corrected chi connectivity index (χ0v) is 10.1. The summed E-state index contributed by atoms with van der Waals surface area (Å²) in [4.78, 5) is 1.93. The maximum absolute atomic E-state index is 9.01. The summed E-state index contributed by atoms with van der Waals surface area (Å²) in [6.07, 6.45) is 1.51. The van der Waals surface area contributed by atoms with Gasteiger partial charge in [0.15, 0.2) is 5.82 Å². The number of aromatic nitrogens is 2. The number of nitriles is 1. The average molecular weight is 236 g/mol.